The van der Waals surface area contributed by atoms with Crippen LogP contribution in [0.3, 0.4) is 0 Å². The zero-order chi connectivity index (χ0) is 29.5. The minimum atomic E-state index is -0.886. The number of benzodiazepines with no additional fused rings is 1. The number of hydrogen-bond acceptors (Lipinski definition) is 8. The fraction of sp³-hybridized carbons (Fsp3) is 0.300. The van der Waals surface area contributed by atoms with Crippen molar-refractivity contribution in [3.05, 3.63) is 95.3 Å². The van der Waals surface area contributed by atoms with Crippen molar-refractivity contribution in [3.8, 4) is 0 Å². The number of benzene rings is 3. The van der Waals surface area contributed by atoms with Crippen molar-refractivity contribution in [2.75, 3.05) is 36.5 Å². The van der Waals surface area contributed by atoms with Gasteiger partial charge < -0.3 is 25.5 Å². The number of aliphatic imine (C=N–C) groups is 1. The van der Waals surface area contributed by atoms with Gasteiger partial charge in [0.1, 0.15) is 5.82 Å². The number of nitrogens with two attached hydrogens (primary N) is 2. The SMILES string of the molecule is CC.CC.N=C(ON)c1ccc(F)cc1N1CCOCC1.NC1N=C(c2ccccc2)c2ccccc2NC1=O. The zero-order valence-corrected chi connectivity index (χ0v) is 23.5. The highest BCUT2D eigenvalue weighted by Gasteiger charge is 2.22. The number of anilines is 2. The molecular formula is C30H39FN6O3. The van der Waals surface area contributed by atoms with E-state index < -0.39 is 6.17 Å². The van der Waals surface area contributed by atoms with Crippen LogP contribution in [0.15, 0.2) is 77.8 Å². The Kier molecular flexibility index (Phi) is 13.4. The summed E-state index contributed by atoms with van der Waals surface area (Å²) in [4.78, 5) is 22.5. The van der Waals surface area contributed by atoms with Crippen molar-refractivity contribution < 1.29 is 18.8 Å². The molecule has 214 valence electrons. The van der Waals surface area contributed by atoms with Gasteiger partial charge >= 0.3 is 0 Å². The number of rotatable bonds is 3. The number of morpholine rings is 1. The maximum Gasteiger partial charge on any atom is 0.263 e. The van der Waals surface area contributed by atoms with Crippen LogP contribution in [0.25, 0.3) is 0 Å². The molecule has 0 aliphatic carbocycles. The summed E-state index contributed by atoms with van der Waals surface area (Å²) in [6.45, 7) is 10.5. The number of para-hydroxylation sites is 1. The van der Waals surface area contributed by atoms with Gasteiger partial charge in [-0.15, -0.1) is 0 Å². The molecule has 6 N–H and O–H groups in total. The summed E-state index contributed by atoms with van der Waals surface area (Å²) < 4.78 is 18.5. The summed E-state index contributed by atoms with van der Waals surface area (Å²) >= 11 is 0. The van der Waals surface area contributed by atoms with Crippen LogP contribution in [-0.4, -0.2) is 50.0 Å². The van der Waals surface area contributed by atoms with Crippen LogP contribution in [0.1, 0.15) is 44.4 Å². The standard InChI is InChI=1S/C15H13N3O.C11H14FN3O2.2C2H6/c16-14-15(19)17-12-9-5-4-8-11(12)13(18-14)10-6-2-1-3-7-10;12-8-1-2-9(11(13)17-14)10(7-8)15-3-5-16-6-4-15;2*1-2/h1-9,14H,16H2,(H,17,19);1-2,7,13H,3-6,14H2;2*1-2H3. The number of amides is 1. The number of fused-ring (bicyclic) bond motifs is 1. The molecule has 9 nitrogen and oxygen atoms in total. The minimum Gasteiger partial charge on any atom is -0.391 e. The molecule has 1 fully saturated rings. The number of halogens is 1. The average molecular weight is 551 g/mol. The lowest BCUT2D eigenvalue weighted by Crippen LogP contribution is -2.37. The van der Waals surface area contributed by atoms with Gasteiger partial charge in [0.2, 0.25) is 5.90 Å². The first-order valence-corrected chi connectivity index (χ1v) is 13.3. The van der Waals surface area contributed by atoms with E-state index >= 15 is 0 Å². The summed E-state index contributed by atoms with van der Waals surface area (Å²) in [5.74, 6) is 4.16. The Morgan fingerprint density at radius 3 is 2.30 bits per heavy atom. The number of carbonyl (C=O) groups is 1. The van der Waals surface area contributed by atoms with Crippen molar-refractivity contribution >= 4 is 28.9 Å². The maximum absolute atomic E-state index is 13.3. The van der Waals surface area contributed by atoms with E-state index in [2.05, 4.69) is 15.1 Å². The molecule has 5 rings (SSSR count). The maximum atomic E-state index is 13.3. The van der Waals surface area contributed by atoms with E-state index in [0.717, 1.165) is 22.5 Å². The molecule has 40 heavy (non-hydrogen) atoms. The van der Waals surface area contributed by atoms with Crippen LogP contribution in [-0.2, 0) is 14.4 Å². The van der Waals surface area contributed by atoms with Gasteiger partial charge in [-0.05, 0) is 24.3 Å². The minimum absolute atomic E-state index is 0.175. The van der Waals surface area contributed by atoms with E-state index in [1.54, 1.807) is 0 Å². The van der Waals surface area contributed by atoms with Gasteiger partial charge in [-0.1, -0.05) is 76.2 Å². The van der Waals surface area contributed by atoms with Crippen LogP contribution in [0.2, 0.25) is 0 Å². The van der Waals surface area contributed by atoms with Gasteiger partial charge in [-0.3, -0.25) is 15.2 Å². The third-order valence-corrected chi connectivity index (χ3v) is 5.70. The predicted octanol–water partition coefficient (Wildman–Crippen LogP) is 4.69. The molecule has 0 radical (unpaired) electrons. The number of nitrogens with one attached hydrogen (secondary N) is 2. The Labute approximate surface area is 235 Å². The molecule has 1 unspecified atom stereocenters. The highest BCUT2D eigenvalue weighted by Crippen LogP contribution is 2.24. The molecule has 3 aromatic carbocycles. The number of carbonyl (C=O) groups excluding carboxylic acids is 1. The number of hydrogen-bond donors (Lipinski definition) is 4. The third-order valence-electron chi connectivity index (χ3n) is 5.70. The van der Waals surface area contributed by atoms with E-state index in [4.69, 9.17) is 21.8 Å². The Balaban J connectivity index is 0.000000251. The molecule has 2 aliphatic heterocycles. The second-order valence-corrected chi connectivity index (χ2v) is 8.03. The quantitative estimate of drug-likeness (QED) is 0.212. The molecule has 0 aromatic heterocycles. The first-order chi connectivity index (χ1) is 19.5. The predicted molar refractivity (Wildman–Crippen MR) is 159 cm³/mol. The fourth-order valence-electron chi connectivity index (χ4n) is 3.92. The highest BCUT2D eigenvalue weighted by atomic mass is 19.1. The molecular weight excluding hydrogens is 511 g/mol. The largest absolute Gasteiger partial charge is 0.391 e. The molecule has 2 heterocycles. The van der Waals surface area contributed by atoms with Crippen molar-refractivity contribution in [1.82, 2.24) is 0 Å². The smallest absolute Gasteiger partial charge is 0.263 e. The van der Waals surface area contributed by atoms with E-state index in [0.29, 0.717) is 37.6 Å². The second-order valence-electron chi connectivity index (χ2n) is 8.03. The van der Waals surface area contributed by atoms with E-state index in [1.165, 1.54) is 18.2 Å². The molecule has 0 spiro atoms. The monoisotopic (exact) mass is 550 g/mol. The van der Waals surface area contributed by atoms with Gasteiger partial charge in [-0.25, -0.2) is 4.39 Å². The lowest BCUT2D eigenvalue weighted by Gasteiger charge is -2.30. The molecule has 3 aromatic rings. The summed E-state index contributed by atoms with van der Waals surface area (Å²) in [5.41, 5.74) is 10.2. The van der Waals surface area contributed by atoms with Crippen LogP contribution in [0.4, 0.5) is 15.8 Å². The molecule has 1 saturated heterocycles. The highest BCUT2D eigenvalue weighted by molar-refractivity contribution is 6.19. The number of nitrogens with zero attached hydrogens (tertiary/aromatic N) is 2. The van der Waals surface area contributed by atoms with Gasteiger partial charge in [0, 0.05) is 24.2 Å². The van der Waals surface area contributed by atoms with Gasteiger partial charge in [0.25, 0.3) is 5.91 Å². The Hall–Kier alpha value is -4.12. The van der Waals surface area contributed by atoms with E-state index in [1.807, 2.05) is 87.2 Å². The summed E-state index contributed by atoms with van der Waals surface area (Å²) in [7, 11) is 0. The van der Waals surface area contributed by atoms with Gasteiger partial charge in [-0.2, -0.15) is 5.90 Å². The van der Waals surface area contributed by atoms with Gasteiger partial charge in [0.15, 0.2) is 6.17 Å². The Morgan fingerprint density at radius 1 is 1.02 bits per heavy atom. The first kappa shape index (κ1) is 32.1. The summed E-state index contributed by atoms with van der Waals surface area (Å²) in [6, 6.07) is 21.5. The van der Waals surface area contributed by atoms with Crippen LogP contribution >= 0.6 is 0 Å². The van der Waals surface area contributed by atoms with Crippen LogP contribution in [0, 0.1) is 11.2 Å². The zero-order valence-electron chi connectivity index (χ0n) is 23.5. The Morgan fingerprint density at radius 2 is 1.65 bits per heavy atom. The molecule has 0 saturated carbocycles. The molecule has 2 aliphatic rings. The normalized spacial score (nSPS) is 15.6. The molecule has 1 atom stereocenters. The van der Waals surface area contributed by atoms with Crippen molar-refractivity contribution in [2.24, 2.45) is 16.6 Å². The topological polar surface area (TPSA) is 139 Å². The van der Waals surface area contributed by atoms with E-state index in [-0.39, 0.29) is 17.6 Å². The van der Waals surface area contributed by atoms with Gasteiger partial charge in [0.05, 0.1) is 35.9 Å². The fourth-order valence-corrected chi connectivity index (χ4v) is 3.92. The molecule has 10 heteroatoms. The second kappa shape index (κ2) is 16.8. The molecule has 0 bridgehead atoms. The number of ether oxygens (including phenoxy) is 1. The van der Waals surface area contributed by atoms with Crippen molar-refractivity contribution in [3.63, 3.8) is 0 Å². The lowest BCUT2D eigenvalue weighted by atomic mass is 10.0. The van der Waals surface area contributed by atoms with Crippen molar-refractivity contribution in [1.29, 1.82) is 5.41 Å². The third kappa shape index (κ3) is 8.44. The molecule has 1 amide bonds. The van der Waals surface area contributed by atoms with Crippen LogP contribution in [0.5, 0.6) is 0 Å². The average Bonchev–Trinajstić information content (AvgIpc) is 3.15. The Bertz CT molecular complexity index is 1260. The first-order valence-electron chi connectivity index (χ1n) is 13.3. The lowest BCUT2D eigenvalue weighted by molar-refractivity contribution is -0.117. The van der Waals surface area contributed by atoms with Crippen LogP contribution < -0.4 is 21.8 Å². The van der Waals surface area contributed by atoms with Crippen molar-refractivity contribution in [2.45, 2.75) is 33.9 Å². The summed E-state index contributed by atoms with van der Waals surface area (Å²) in [5, 5.41) is 10.4. The summed E-state index contributed by atoms with van der Waals surface area (Å²) in [6.07, 6.45) is -0.886. The van der Waals surface area contributed by atoms with E-state index in [9.17, 15) is 9.18 Å².